The van der Waals surface area contributed by atoms with Gasteiger partial charge >= 0.3 is 6.03 Å². The van der Waals surface area contributed by atoms with Crippen molar-refractivity contribution in [2.45, 2.75) is 6.54 Å². The molecule has 9 heteroatoms. The van der Waals surface area contributed by atoms with Gasteiger partial charge in [0.15, 0.2) is 12.2 Å². The van der Waals surface area contributed by atoms with Crippen LogP contribution in [-0.4, -0.2) is 38.8 Å². The van der Waals surface area contributed by atoms with Crippen LogP contribution >= 0.6 is 0 Å². The van der Waals surface area contributed by atoms with Crippen molar-refractivity contribution in [1.82, 2.24) is 19.7 Å². The number of oxazole rings is 1. The molecule has 0 radical (unpaired) electrons. The smallest absolute Gasteiger partial charge is 0.324 e. The van der Waals surface area contributed by atoms with Crippen molar-refractivity contribution in [3.63, 3.8) is 0 Å². The van der Waals surface area contributed by atoms with Gasteiger partial charge in [-0.15, -0.1) is 0 Å². The fraction of sp³-hybridized carbons (Fsp3) is 0.150. The molecule has 0 saturated carbocycles. The van der Waals surface area contributed by atoms with Gasteiger partial charge in [-0.25, -0.2) is 23.2 Å². The number of hydrogen-bond acceptors (Lipinski definition) is 4. The molecule has 7 nitrogen and oxygen atoms in total. The van der Waals surface area contributed by atoms with Crippen molar-refractivity contribution in [2.24, 2.45) is 0 Å². The van der Waals surface area contributed by atoms with Gasteiger partial charge in [-0.05, 0) is 24.3 Å². The summed E-state index contributed by atoms with van der Waals surface area (Å²) in [7, 11) is 0. The van der Waals surface area contributed by atoms with E-state index in [1.165, 1.54) is 29.5 Å². The first-order valence-corrected chi connectivity index (χ1v) is 8.97. The molecular weight excluding hydrogens is 380 g/mol. The Morgan fingerprint density at radius 2 is 2.00 bits per heavy atom. The molecule has 1 aliphatic heterocycles. The summed E-state index contributed by atoms with van der Waals surface area (Å²) in [5.41, 5.74) is 2.12. The number of carbonyl (C=O) groups excluding carboxylic acids is 1. The van der Waals surface area contributed by atoms with Crippen LogP contribution in [-0.2, 0) is 6.54 Å². The monoisotopic (exact) mass is 395 g/mol. The standard InChI is InChI=1S/C20H15F2N5O2/c21-13-4-5-19(16(22)8-13)27-18-3-1-2-17(15(18)9-24-27)26-7-6-25(20(26)28)10-14-11-29-12-23-14/h1-5,8-9,11-12H,6-7,10H2. The Hall–Kier alpha value is -3.75. The molecule has 0 bridgehead atoms. The van der Waals surface area contributed by atoms with E-state index in [9.17, 15) is 13.6 Å². The van der Waals surface area contributed by atoms with E-state index < -0.39 is 11.6 Å². The SMILES string of the molecule is O=C1N(Cc2cocn2)CCN1c1cccc2c1cnn2-c1ccc(F)cc1F. The number of fused-ring (bicyclic) bond motifs is 1. The van der Waals surface area contributed by atoms with Gasteiger partial charge < -0.3 is 9.32 Å². The maximum Gasteiger partial charge on any atom is 0.324 e. The van der Waals surface area contributed by atoms with E-state index in [-0.39, 0.29) is 11.7 Å². The third kappa shape index (κ3) is 2.91. The number of nitrogens with zero attached hydrogens (tertiary/aromatic N) is 5. The number of amides is 2. The van der Waals surface area contributed by atoms with Crippen molar-refractivity contribution in [3.8, 4) is 5.69 Å². The minimum absolute atomic E-state index is 0.138. The van der Waals surface area contributed by atoms with Crippen molar-refractivity contribution >= 4 is 22.6 Å². The zero-order valence-electron chi connectivity index (χ0n) is 15.1. The van der Waals surface area contributed by atoms with E-state index in [1.54, 1.807) is 28.1 Å². The molecule has 4 aromatic rings. The Kier molecular flexibility index (Phi) is 4.01. The van der Waals surface area contributed by atoms with Crippen molar-refractivity contribution in [1.29, 1.82) is 0 Å². The molecule has 2 aromatic carbocycles. The molecule has 1 fully saturated rings. The maximum atomic E-state index is 14.3. The van der Waals surface area contributed by atoms with Crippen molar-refractivity contribution < 1.29 is 18.0 Å². The van der Waals surface area contributed by atoms with Gasteiger partial charge in [-0.3, -0.25) is 4.90 Å². The maximum absolute atomic E-state index is 14.3. The molecule has 2 aromatic heterocycles. The summed E-state index contributed by atoms with van der Waals surface area (Å²) in [5.74, 6) is -1.37. The van der Waals surface area contributed by atoms with E-state index in [0.717, 1.165) is 6.07 Å². The highest BCUT2D eigenvalue weighted by molar-refractivity contribution is 6.03. The van der Waals surface area contributed by atoms with E-state index in [1.807, 2.05) is 6.07 Å². The summed E-state index contributed by atoms with van der Waals surface area (Å²) in [4.78, 5) is 20.3. The Balaban J connectivity index is 1.50. The molecule has 1 saturated heterocycles. The van der Waals surface area contributed by atoms with Crippen LogP contribution in [0.2, 0.25) is 0 Å². The molecule has 29 heavy (non-hydrogen) atoms. The van der Waals surface area contributed by atoms with Gasteiger partial charge in [-0.1, -0.05) is 6.07 Å². The normalized spacial score (nSPS) is 14.3. The minimum atomic E-state index is -0.712. The van der Waals surface area contributed by atoms with E-state index >= 15 is 0 Å². The number of anilines is 1. The lowest BCUT2D eigenvalue weighted by Gasteiger charge is -2.18. The number of rotatable bonds is 4. The van der Waals surface area contributed by atoms with Crippen LogP contribution in [0.25, 0.3) is 16.6 Å². The summed E-state index contributed by atoms with van der Waals surface area (Å²) in [5, 5.41) is 4.97. The molecule has 0 unspecified atom stereocenters. The number of urea groups is 1. The third-order valence-electron chi connectivity index (χ3n) is 4.95. The molecule has 2 amide bonds. The van der Waals surface area contributed by atoms with Crippen molar-refractivity contribution in [3.05, 3.63) is 72.6 Å². The Labute approximate surface area is 163 Å². The third-order valence-corrected chi connectivity index (χ3v) is 4.95. The second-order valence-electron chi connectivity index (χ2n) is 6.70. The fourth-order valence-electron chi connectivity index (χ4n) is 3.58. The highest BCUT2D eigenvalue weighted by Crippen LogP contribution is 2.31. The average molecular weight is 395 g/mol. The summed E-state index contributed by atoms with van der Waals surface area (Å²) >= 11 is 0. The number of hydrogen-bond donors (Lipinski definition) is 0. The molecule has 0 aliphatic carbocycles. The zero-order valence-corrected chi connectivity index (χ0v) is 15.1. The van der Waals surface area contributed by atoms with Gasteiger partial charge in [0.1, 0.15) is 17.8 Å². The molecule has 3 heterocycles. The van der Waals surface area contributed by atoms with Gasteiger partial charge in [-0.2, -0.15) is 5.10 Å². The largest absolute Gasteiger partial charge is 0.451 e. The van der Waals surface area contributed by atoms with E-state index in [0.29, 0.717) is 41.9 Å². The molecular formula is C20H15F2N5O2. The summed E-state index contributed by atoms with van der Waals surface area (Å²) in [6, 6.07) is 8.58. The first-order valence-electron chi connectivity index (χ1n) is 8.97. The average Bonchev–Trinajstić information content (AvgIpc) is 3.44. The topological polar surface area (TPSA) is 67.4 Å². The first-order chi connectivity index (χ1) is 14.1. The predicted octanol–water partition coefficient (Wildman–Crippen LogP) is 3.73. The number of benzene rings is 2. The zero-order chi connectivity index (χ0) is 20.0. The predicted molar refractivity (Wildman–Crippen MR) is 101 cm³/mol. The second-order valence-corrected chi connectivity index (χ2v) is 6.70. The Bertz CT molecular complexity index is 1210. The summed E-state index contributed by atoms with van der Waals surface area (Å²) in [6.07, 6.45) is 4.43. The second kappa shape index (κ2) is 6.69. The van der Waals surface area contributed by atoms with Crippen LogP contribution in [0.4, 0.5) is 19.3 Å². The van der Waals surface area contributed by atoms with E-state index in [2.05, 4.69) is 10.1 Å². The molecule has 0 N–H and O–H groups in total. The van der Waals surface area contributed by atoms with Crippen LogP contribution in [0.5, 0.6) is 0 Å². The fourth-order valence-corrected chi connectivity index (χ4v) is 3.58. The van der Waals surface area contributed by atoms with Crippen molar-refractivity contribution in [2.75, 3.05) is 18.0 Å². The van der Waals surface area contributed by atoms with Gasteiger partial charge in [0.05, 0.1) is 29.6 Å². The van der Waals surface area contributed by atoms with Crippen LogP contribution in [0, 0.1) is 11.6 Å². The highest BCUT2D eigenvalue weighted by Gasteiger charge is 2.31. The molecule has 0 atom stereocenters. The van der Waals surface area contributed by atoms with Gasteiger partial charge in [0, 0.05) is 24.5 Å². The number of carbonyl (C=O) groups is 1. The lowest BCUT2D eigenvalue weighted by atomic mass is 10.2. The van der Waals surface area contributed by atoms with Crippen LogP contribution in [0.1, 0.15) is 5.69 Å². The quantitative estimate of drug-likeness (QED) is 0.528. The first kappa shape index (κ1) is 17.4. The van der Waals surface area contributed by atoms with E-state index in [4.69, 9.17) is 4.42 Å². The minimum Gasteiger partial charge on any atom is -0.451 e. The highest BCUT2D eigenvalue weighted by atomic mass is 19.1. The molecule has 1 aliphatic rings. The van der Waals surface area contributed by atoms with Gasteiger partial charge in [0.2, 0.25) is 0 Å². The summed E-state index contributed by atoms with van der Waals surface area (Å²) in [6.45, 7) is 1.41. The number of halogens is 2. The van der Waals surface area contributed by atoms with Crippen LogP contribution in [0.15, 0.2) is 59.7 Å². The van der Waals surface area contributed by atoms with Crippen LogP contribution in [0.3, 0.4) is 0 Å². The molecule has 146 valence electrons. The number of aromatic nitrogens is 3. The summed E-state index contributed by atoms with van der Waals surface area (Å²) < 4.78 is 33.9. The van der Waals surface area contributed by atoms with Gasteiger partial charge in [0.25, 0.3) is 0 Å². The lowest BCUT2D eigenvalue weighted by Crippen LogP contribution is -2.31. The molecule has 0 spiro atoms. The molecule has 5 rings (SSSR count). The Morgan fingerprint density at radius 1 is 1.10 bits per heavy atom. The van der Waals surface area contributed by atoms with Crippen LogP contribution < -0.4 is 4.90 Å². The lowest BCUT2D eigenvalue weighted by molar-refractivity contribution is 0.218. The Morgan fingerprint density at radius 3 is 2.79 bits per heavy atom.